The summed E-state index contributed by atoms with van der Waals surface area (Å²) in [5, 5.41) is 10.1. The number of hydrogen-bond donors (Lipinski definition) is 1. The van der Waals surface area contributed by atoms with E-state index in [1.165, 1.54) is 0 Å². The first-order chi connectivity index (χ1) is 11.2. The molecule has 1 amide bonds. The van der Waals surface area contributed by atoms with Gasteiger partial charge in [0.25, 0.3) is 0 Å². The lowest BCUT2D eigenvalue weighted by molar-refractivity contribution is -0.118. The summed E-state index contributed by atoms with van der Waals surface area (Å²) in [6.45, 7) is 3.12. The summed E-state index contributed by atoms with van der Waals surface area (Å²) in [7, 11) is 0. The van der Waals surface area contributed by atoms with Crippen LogP contribution >= 0.6 is 0 Å². The van der Waals surface area contributed by atoms with Gasteiger partial charge in [0.2, 0.25) is 5.91 Å². The summed E-state index contributed by atoms with van der Waals surface area (Å²) in [5.74, 6) is 0.864. The number of fused-ring (bicyclic) bond motifs is 1. The molecule has 0 spiro atoms. The van der Waals surface area contributed by atoms with Crippen LogP contribution in [0.3, 0.4) is 0 Å². The molecule has 1 heterocycles. The van der Waals surface area contributed by atoms with Gasteiger partial charge in [-0.2, -0.15) is 0 Å². The van der Waals surface area contributed by atoms with Crippen LogP contribution in [0.1, 0.15) is 30.6 Å². The molecule has 0 radical (unpaired) electrons. The zero-order chi connectivity index (χ0) is 16.2. The molecule has 1 aliphatic rings. The van der Waals surface area contributed by atoms with Crippen molar-refractivity contribution in [1.82, 2.24) is 0 Å². The highest BCUT2D eigenvalue weighted by molar-refractivity contribution is 5.96. The van der Waals surface area contributed by atoms with Crippen LogP contribution in [0, 0.1) is 0 Å². The van der Waals surface area contributed by atoms with E-state index in [1.54, 1.807) is 4.90 Å². The van der Waals surface area contributed by atoms with E-state index in [-0.39, 0.29) is 5.91 Å². The number of benzene rings is 2. The molecule has 0 saturated heterocycles. The molecule has 1 atom stereocenters. The van der Waals surface area contributed by atoms with Gasteiger partial charge >= 0.3 is 0 Å². The maximum Gasteiger partial charge on any atom is 0.231 e. The van der Waals surface area contributed by atoms with E-state index >= 15 is 0 Å². The lowest BCUT2D eigenvalue weighted by Gasteiger charge is -2.32. The van der Waals surface area contributed by atoms with Crippen LogP contribution in [-0.2, 0) is 11.2 Å². The largest absolute Gasteiger partial charge is 0.494 e. The molecule has 120 valence electrons. The number of aliphatic hydroxyl groups excluding tert-OH is 1. The Morgan fingerprint density at radius 1 is 1.22 bits per heavy atom. The Balaban J connectivity index is 1.75. The van der Waals surface area contributed by atoms with E-state index in [2.05, 4.69) is 0 Å². The Morgan fingerprint density at radius 2 is 1.96 bits per heavy atom. The minimum atomic E-state index is -0.485. The number of hydrogen-bond acceptors (Lipinski definition) is 3. The van der Waals surface area contributed by atoms with Crippen molar-refractivity contribution in [2.45, 2.75) is 25.9 Å². The van der Waals surface area contributed by atoms with Crippen LogP contribution in [0.25, 0.3) is 0 Å². The molecule has 3 rings (SSSR count). The fraction of sp³-hybridized carbons (Fsp3) is 0.316. The smallest absolute Gasteiger partial charge is 0.231 e. The quantitative estimate of drug-likeness (QED) is 0.944. The first kappa shape index (κ1) is 15.6. The van der Waals surface area contributed by atoms with E-state index in [4.69, 9.17) is 4.74 Å². The van der Waals surface area contributed by atoms with Crippen molar-refractivity contribution >= 4 is 11.6 Å². The monoisotopic (exact) mass is 311 g/mol. The second-order valence-corrected chi connectivity index (χ2v) is 5.66. The molecule has 23 heavy (non-hydrogen) atoms. The number of rotatable bonds is 4. The number of ether oxygens (including phenoxy) is 1. The molecule has 2 aromatic carbocycles. The average Bonchev–Trinajstić information content (AvgIpc) is 2.57. The van der Waals surface area contributed by atoms with E-state index < -0.39 is 6.10 Å². The van der Waals surface area contributed by atoms with Gasteiger partial charge in [0.05, 0.1) is 19.1 Å². The molecule has 1 N–H and O–H groups in total. The minimum Gasteiger partial charge on any atom is -0.494 e. The van der Waals surface area contributed by atoms with Gasteiger partial charge in [-0.3, -0.25) is 4.79 Å². The van der Waals surface area contributed by atoms with E-state index in [1.807, 2.05) is 55.5 Å². The summed E-state index contributed by atoms with van der Waals surface area (Å²) in [5.41, 5.74) is 2.61. The highest BCUT2D eigenvalue weighted by Gasteiger charge is 2.26. The number of anilines is 1. The van der Waals surface area contributed by atoms with Crippen molar-refractivity contribution in [1.29, 1.82) is 0 Å². The molecule has 1 unspecified atom stereocenters. The number of para-hydroxylation sites is 1. The Bertz CT molecular complexity index is 681. The molecule has 0 bridgehead atoms. The zero-order valence-corrected chi connectivity index (χ0v) is 13.2. The third-order valence-electron chi connectivity index (χ3n) is 4.10. The van der Waals surface area contributed by atoms with Crippen LogP contribution in [0.5, 0.6) is 5.75 Å². The van der Waals surface area contributed by atoms with Gasteiger partial charge in [-0.15, -0.1) is 0 Å². The van der Waals surface area contributed by atoms with Crippen LogP contribution in [0.4, 0.5) is 5.69 Å². The van der Waals surface area contributed by atoms with E-state index in [0.29, 0.717) is 26.0 Å². The fourth-order valence-electron chi connectivity index (χ4n) is 2.94. The third-order valence-corrected chi connectivity index (χ3v) is 4.10. The first-order valence-corrected chi connectivity index (χ1v) is 7.98. The predicted octanol–water partition coefficient (Wildman–Crippen LogP) is 3.10. The molecule has 0 saturated carbocycles. The summed E-state index contributed by atoms with van der Waals surface area (Å²) in [6, 6.07) is 15.2. The number of aliphatic hydroxyl groups is 1. The van der Waals surface area contributed by atoms with Crippen LogP contribution in [0.2, 0.25) is 0 Å². The maximum absolute atomic E-state index is 12.7. The molecule has 1 aliphatic heterocycles. The Kier molecular flexibility index (Phi) is 4.63. The van der Waals surface area contributed by atoms with Crippen LogP contribution < -0.4 is 9.64 Å². The third kappa shape index (κ3) is 3.37. The highest BCUT2D eigenvalue weighted by Crippen LogP contribution is 2.33. The molecule has 0 fully saturated rings. The lowest BCUT2D eigenvalue weighted by atomic mass is 9.98. The normalized spacial score (nSPS) is 16.8. The van der Waals surface area contributed by atoms with Gasteiger partial charge in [0.15, 0.2) is 0 Å². The SMILES string of the molecule is CCOc1ccc(CC(=O)N2CCC(O)c3ccccc32)cc1. The van der Waals surface area contributed by atoms with Crippen molar-refractivity contribution in [3.63, 3.8) is 0 Å². The standard InChI is InChI=1S/C19H21NO3/c1-2-23-15-9-7-14(8-10-15)13-19(22)20-12-11-18(21)16-5-3-4-6-17(16)20/h3-10,18,21H,2,11-13H2,1H3. The van der Waals surface area contributed by atoms with E-state index in [9.17, 15) is 9.90 Å². The van der Waals surface area contributed by atoms with Crippen molar-refractivity contribution in [3.05, 3.63) is 59.7 Å². The van der Waals surface area contributed by atoms with E-state index in [0.717, 1.165) is 22.6 Å². The van der Waals surface area contributed by atoms with Crippen molar-refractivity contribution in [2.75, 3.05) is 18.1 Å². The average molecular weight is 311 g/mol. The maximum atomic E-state index is 12.7. The Morgan fingerprint density at radius 3 is 2.70 bits per heavy atom. The van der Waals surface area contributed by atoms with Gasteiger partial charge in [-0.25, -0.2) is 0 Å². The van der Waals surface area contributed by atoms with Crippen LogP contribution in [0.15, 0.2) is 48.5 Å². The predicted molar refractivity (Wildman–Crippen MR) is 89.7 cm³/mol. The highest BCUT2D eigenvalue weighted by atomic mass is 16.5. The lowest BCUT2D eigenvalue weighted by Crippen LogP contribution is -2.37. The van der Waals surface area contributed by atoms with Gasteiger partial charge in [-0.05, 0) is 37.1 Å². The first-order valence-electron chi connectivity index (χ1n) is 7.98. The summed E-state index contributed by atoms with van der Waals surface area (Å²) in [4.78, 5) is 14.4. The number of carbonyl (C=O) groups excluding carboxylic acids is 1. The van der Waals surface area contributed by atoms with Crippen LogP contribution in [-0.4, -0.2) is 24.2 Å². The molecular formula is C19H21NO3. The summed E-state index contributed by atoms with van der Waals surface area (Å²) in [6.07, 6.45) is 0.434. The van der Waals surface area contributed by atoms with Crippen molar-refractivity contribution < 1.29 is 14.6 Å². The summed E-state index contributed by atoms with van der Waals surface area (Å²) < 4.78 is 5.42. The number of amides is 1. The second-order valence-electron chi connectivity index (χ2n) is 5.66. The molecular weight excluding hydrogens is 290 g/mol. The van der Waals surface area contributed by atoms with Gasteiger partial charge < -0.3 is 14.7 Å². The van der Waals surface area contributed by atoms with Crippen molar-refractivity contribution in [3.8, 4) is 5.75 Å². The van der Waals surface area contributed by atoms with Gasteiger partial charge in [0, 0.05) is 17.8 Å². The Labute approximate surface area is 136 Å². The molecule has 2 aromatic rings. The molecule has 0 aliphatic carbocycles. The van der Waals surface area contributed by atoms with Crippen molar-refractivity contribution in [2.24, 2.45) is 0 Å². The second kappa shape index (κ2) is 6.84. The zero-order valence-electron chi connectivity index (χ0n) is 13.2. The number of carbonyl (C=O) groups is 1. The fourth-order valence-corrected chi connectivity index (χ4v) is 2.94. The molecule has 0 aromatic heterocycles. The molecule has 4 nitrogen and oxygen atoms in total. The Hall–Kier alpha value is -2.33. The van der Waals surface area contributed by atoms with Gasteiger partial charge in [-0.1, -0.05) is 30.3 Å². The topological polar surface area (TPSA) is 49.8 Å². The molecule has 4 heteroatoms. The number of nitrogens with zero attached hydrogens (tertiary/aromatic N) is 1. The summed E-state index contributed by atoms with van der Waals surface area (Å²) >= 11 is 0. The minimum absolute atomic E-state index is 0.0495. The van der Waals surface area contributed by atoms with Gasteiger partial charge in [0.1, 0.15) is 5.75 Å².